The number of hydrogen-bond acceptors (Lipinski definition) is 3. The van der Waals surface area contributed by atoms with Gasteiger partial charge >= 0.3 is 0 Å². The maximum Gasteiger partial charge on any atom is 0.0857 e. The van der Waals surface area contributed by atoms with Gasteiger partial charge in [-0.05, 0) is 49.4 Å². The molecule has 0 aliphatic carbocycles. The normalized spacial score (nSPS) is 13.7. The van der Waals surface area contributed by atoms with Crippen molar-refractivity contribution in [1.82, 2.24) is 15.5 Å². The second-order valence-corrected chi connectivity index (χ2v) is 7.19. The molecule has 1 heterocycles. The minimum absolute atomic E-state index is 0.119. The summed E-state index contributed by atoms with van der Waals surface area (Å²) in [5.74, 6) is 0.472. The SMILES string of the molecule is CCOC(c1cccc2[nH]ncc12)C(C)CCCCNCc1ccccc1. The van der Waals surface area contributed by atoms with Crippen LogP contribution in [0.1, 0.15) is 50.3 Å². The van der Waals surface area contributed by atoms with E-state index in [4.69, 9.17) is 4.74 Å². The van der Waals surface area contributed by atoms with Crippen LogP contribution in [0.25, 0.3) is 10.9 Å². The van der Waals surface area contributed by atoms with E-state index >= 15 is 0 Å². The molecule has 3 rings (SSSR count). The fraction of sp³-hybridized carbons (Fsp3) is 0.435. The van der Waals surface area contributed by atoms with E-state index in [-0.39, 0.29) is 6.10 Å². The predicted octanol–water partition coefficient (Wildman–Crippen LogP) is 5.24. The number of ether oxygens (including phenoxy) is 1. The van der Waals surface area contributed by atoms with Crippen LogP contribution in [0.3, 0.4) is 0 Å². The smallest absolute Gasteiger partial charge is 0.0857 e. The van der Waals surface area contributed by atoms with Gasteiger partial charge in [-0.2, -0.15) is 5.10 Å². The van der Waals surface area contributed by atoms with E-state index in [1.807, 2.05) is 6.20 Å². The van der Waals surface area contributed by atoms with Crippen LogP contribution in [-0.4, -0.2) is 23.3 Å². The average Bonchev–Trinajstić information content (AvgIpc) is 3.18. The van der Waals surface area contributed by atoms with Crippen LogP contribution >= 0.6 is 0 Å². The molecule has 2 aromatic carbocycles. The van der Waals surface area contributed by atoms with Crippen LogP contribution in [0.15, 0.2) is 54.7 Å². The second kappa shape index (κ2) is 10.2. The Labute approximate surface area is 162 Å². The Kier molecular flexibility index (Phi) is 7.43. The van der Waals surface area contributed by atoms with Crippen LogP contribution in [0.2, 0.25) is 0 Å². The van der Waals surface area contributed by atoms with Crippen molar-refractivity contribution < 1.29 is 4.74 Å². The molecule has 144 valence electrons. The molecule has 3 aromatic rings. The lowest BCUT2D eigenvalue weighted by Gasteiger charge is -2.25. The molecule has 0 aliphatic heterocycles. The molecule has 0 saturated carbocycles. The fourth-order valence-corrected chi connectivity index (χ4v) is 3.68. The van der Waals surface area contributed by atoms with E-state index in [9.17, 15) is 0 Å². The first-order valence-corrected chi connectivity index (χ1v) is 10.1. The average molecular weight is 366 g/mol. The molecule has 0 aliphatic rings. The van der Waals surface area contributed by atoms with Gasteiger partial charge in [0.2, 0.25) is 0 Å². The summed E-state index contributed by atoms with van der Waals surface area (Å²) in [6.45, 7) is 7.10. The van der Waals surface area contributed by atoms with Crippen molar-refractivity contribution in [3.63, 3.8) is 0 Å². The summed E-state index contributed by atoms with van der Waals surface area (Å²) in [7, 11) is 0. The van der Waals surface area contributed by atoms with Crippen LogP contribution in [0.5, 0.6) is 0 Å². The molecule has 0 saturated heterocycles. The molecule has 0 radical (unpaired) electrons. The minimum Gasteiger partial charge on any atom is -0.374 e. The lowest BCUT2D eigenvalue weighted by atomic mass is 9.91. The van der Waals surface area contributed by atoms with Gasteiger partial charge in [0.05, 0.1) is 17.8 Å². The fourth-order valence-electron chi connectivity index (χ4n) is 3.68. The number of fused-ring (bicyclic) bond motifs is 1. The molecule has 1 aromatic heterocycles. The number of nitrogens with one attached hydrogen (secondary N) is 2. The van der Waals surface area contributed by atoms with Crippen LogP contribution in [-0.2, 0) is 11.3 Å². The topological polar surface area (TPSA) is 49.9 Å². The van der Waals surface area contributed by atoms with Crippen LogP contribution in [0, 0.1) is 5.92 Å². The van der Waals surface area contributed by atoms with Crippen LogP contribution in [0.4, 0.5) is 0 Å². The molecule has 0 spiro atoms. The molecule has 0 fully saturated rings. The Bertz CT molecular complexity index is 800. The molecule has 2 N–H and O–H groups in total. The lowest BCUT2D eigenvalue weighted by Crippen LogP contribution is -2.17. The summed E-state index contributed by atoms with van der Waals surface area (Å²) in [6.07, 6.45) is 5.58. The highest BCUT2D eigenvalue weighted by molar-refractivity contribution is 5.81. The molecule has 0 amide bonds. The van der Waals surface area contributed by atoms with Crippen molar-refractivity contribution in [1.29, 1.82) is 0 Å². The zero-order chi connectivity index (χ0) is 18.9. The summed E-state index contributed by atoms with van der Waals surface area (Å²) >= 11 is 0. The van der Waals surface area contributed by atoms with E-state index in [2.05, 4.69) is 77.9 Å². The standard InChI is InChI=1S/C23H31N3O/c1-3-27-23(20-13-9-14-22-21(20)17-25-26-22)18(2)10-7-8-15-24-16-19-11-5-4-6-12-19/h4-6,9,11-14,17-18,23-24H,3,7-8,10,15-16H2,1-2H3,(H,25,26). The first-order chi connectivity index (χ1) is 13.3. The number of H-pyrrole nitrogens is 1. The zero-order valence-electron chi connectivity index (χ0n) is 16.4. The molecular weight excluding hydrogens is 334 g/mol. The Morgan fingerprint density at radius 1 is 1.07 bits per heavy atom. The van der Waals surface area contributed by atoms with Gasteiger partial charge in [0.15, 0.2) is 0 Å². The van der Waals surface area contributed by atoms with Gasteiger partial charge in [0.1, 0.15) is 0 Å². The molecule has 0 bridgehead atoms. The molecule has 2 unspecified atom stereocenters. The third-order valence-corrected chi connectivity index (χ3v) is 5.12. The third-order valence-electron chi connectivity index (χ3n) is 5.12. The number of aromatic nitrogens is 2. The van der Waals surface area contributed by atoms with E-state index in [1.54, 1.807) is 0 Å². The predicted molar refractivity (Wildman–Crippen MR) is 112 cm³/mol. The highest BCUT2D eigenvalue weighted by Crippen LogP contribution is 2.33. The molecule has 27 heavy (non-hydrogen) atoms. The number of hydrogen-bond donors (Lipinski definition) is 2. The van der Waals surface area contributed by atoms with E-state index in [1.165, 1.54) is 29.4 Å². The Morgan fingerprint density at radius 2 is 1.93 bits per heavy atom. The molecule has 2 atom stereocenters. The summed E-state index contributed by atoms with van der Waals surface area (Å²) < 4.78 is 6.15. The Hall–Kier alpha value is -2.17. The van der Waals surface area contributed by atoms with Crippen LogP contribution < -0.4 is 5.32 Å². The van der Waals surface area contributed by atoms with Gasteiger partial charge in [-0.3, -0.25) is 5.10 Å². The number of aromatic amines is 1. The minimum atomic E-state index is 0.119. The van der Waals surface area contributed by atoms with Gasteiger partial charge in [-0.1, -0.05) is 55.8 Å². The van der Waals surface area contributed by atoms with E-state index in [0.29, 0.717) is 5.92 Å². The number of nitrogens with zero attached hydrogens (tertiary/aromatic N) is 1. The summed E-state index contributed by atoms with van der Waals surface area (Å²) in [6, 6.07) is 16.9. The highest BCUT2D eigenvalue weighted by atomic mass is 16.5. The monoisotopic (exact) mass is 365 g/mol. The number of benzene rings is 2. The van der Waals surface area contributed by atoms with Crippen molar-refractivity contribution in [3.05, 3.63) is 65.9 Å². The summed E-state index contributed by atoms with van der Waals surface area (Å²) in [4.78, 5) is 0. The van der Waals surface area contributed by atoms with Gasteiger partial charge in [0.25, 0.3) is 0 Å². The summed E-state index contributed by atoms with van der Waals surface area (Å²) in [5.41, 5.74) is 3.67. The molecule has 4 heteroatoms. The largest absolute Gasteiger partial charge is 0.374 e. The van der Waals surface area contributed by atoms with Crippen molar-refractivity contribution in [2.24, 2.45) is 5.92 Å². The first-order valence-electron chi connectivity index (χ1n) is 10.1. The Morgan fingerprint density at radius 3 is 2.74 bits per heavy atom. The Balaban J connectivity index is 1.47. The number of unbranched alkanes of at least 4 members (excludes halogenated alkanes) is 1. The van der Waals surface area contributed by atoms with Gasteiger partial charge in [-0.15, -0.1) is 0 Å². The maximum atomic E-state index is 6.15. The van der Waals surface area contributed by atoms with E-state index in [0.717, 1.165) is 31.6 Å². The maximum absolute atomic E-state index is 6.15. The van der Waals surface area contributed by atoms with Crippen molar-refractivity contribution >= 4 is 10.9 Å². The number of rotatable bonds is 11. The van der Waals surface area contributed by atoms with Gasteiger partial charge in [0, 0.05) is 18.5 Å². The van der Waals surface area contributed by atoms with Crippen molar-refractivity contribution in [2.45, 2.75) is 45.8 Å². The van der Waals surface area contributed by atoms with Crippen molar-refractivity contribution in [2.75, 3.05) is 13.2 Å². The highest BCUT2D eigenvalue weighted by Gasteiger charge is 2.21. The molecular formula is C23H31N3O. The first kappa shape index (κ1) is 19.6. The summed E-state index contributed by atoms with van der Waals surface area (Å²) in [5, 5.41) is 12.0. The second-order valence-electron chi connectivity index (χ2n) is 7.19. The third kappa shape index (κ3) is 5.41. The lowest BCUT2D eigenvalue weighted by molar-refractivity contribution is 0.0215. The molecule has 4 nitrogen and oxygen atoms in total. The quantitative estimate of drug-likeness (QED) is 0.457. The van der Waals surface area contributed by atoms with Gasteiger partial charge in [-0.25, -0.2) is 0 Å². The zero-order valence-corrected chi connectivity index (χ0v) is 16.4. The van der Waals surface area contributed by atoms with Gasteiger partial charge < -0.3 is 10.1 Å². The van der Waals surface area contributed by atoms with E-state index < -0.39 is 0 Å². The van der Waals surface area contributed by atoms with Crippen molar-refractivity contribution in [3.8, 4) is 0 Å².